The molecule has 0 amide bonds. The van der Waals surface area contributed by atoms with E-state index in [4.69, 9.17) is 28.4 Å². The lowest BCUT2D eigenvalue weighted by atomic mass is 10.0. The lowest BCUT2D eigenvalue weighted by Gasteiger charge is -2.18. The quantitative estimate of drug-likeness (QED) is 0.176. The Morgan fingerprint density at radius 3 is 1.32 bits per heavy atom. The number of benzene rings is 2. The smallest absolute Gasteiger partial charge is 0.335 e. The number of carbonyl (C=O) groups excluding carboxylic acids is 2. The molecule has 2 atom stereocenters. The van der Waals surface area contributed by atoms with Crippen molar-refractivity contribution in [3.8, 4) is 11.5 Å². The summed E-state index contributed by atoms with van der Waals surface area (Å²) in [6.07, 6.45) is -0.899. The van der Waals surface area contributed by atoms with Crippen molar-refractivity contribution in [2.75, 3.05) is 26.4 Å². The van der Waals surface area contributed by atoms with Crippen LogP contribution in [0.15, 0.2) is 72.8 Å². The molecule has 2 unspecified atom stereocenters. The van der Waals surface area contributed by atoms with Gasteiger partial charge < -0.3 is 28.4 Å². The lowest BCUT2D eigenvalue weighted by Crippen LogP contribution is -2.28. The number of hydrogen-bond acceptors (Lipinski definition) is 8. The Morgan fingerprint density at radius 2 is 1.03 bits per heavy atom. The predicted octanol–water partition coefficient (Wildman–Crippen LogP) is 5.00. The zero-order valence-corrected chi connectivity index (χ0v) is 22.0. The van der Waals surface area contributed by atoms with Gasteiger partial charge in [0.1, 0.15) is 11.5 Å². The van der Waals surface area contributed by atoms with Gasteiger partial charge in [0, 0.05) is 24.4 Å². The van der Waals surface area contributed by atoms with Gasteiger partial charge in [-0.1, -0.05) is 37.4 Å². The summed E-state index contributed by atoms with van der Waals surface area (Å²) in [5, 5.41) is 0. The largest absolute Gasteiger partial charge is 0.487 e. The van der Waals surface area contributed by atoms with Crippen LogP contribution in [-0.4, -0.2) is 50.9 Å². The third kappa shape index (κ3) is 10.9. The molecule has 0 aliphatic carbocycles. The van der Waals surface area contributed by atoms with E-state index in [0.29, 0.717) is 35.9 Å². The second kappa shape index (κ2) is 15.5. The first-order valence-electron chi connectivity index (χ1n) is 12.1. The van der Waals surface area contributed by atoms with Gasteiger partial charge in [-0.15, -0.1) is 0 Å². The minimum absolute atomic E-state index is 0.0736. The molecule has 0 radical (unpaired) electrons. The maximum absolute atomic E-state index is 11.7. The minimum Gasteiger partial charge on any atom is -0.487 e. The van der Waals surface area contributed by atoms with Gasteiger partial charge in [0.05, 0.1) is 0 Å². The van der Waals surface area contributed by atoms with E-state index in [1.165, 1.54) is 0 Å². The summed E-state index contributed by atoms with van der Waals surface area (Å²) in [6.45, 7) is 14.8. The second-order valence-electron chi connectivity index (χ2n) is 8.23. The van der Waals surface area contributed by atoms with Crippen LogP contribution in [0, 0.1) is 0 Å². The summed E-state index contributed by atoms with van der Waals surface area (Å²) in [4.78, 5) is 23.5. The molecule has 2 aromatic rings. The third-order valence-electron chi connectivity index (χ3n) is 4.91. The Labute approximate surface area is 218 Å². The van der Waals surface area contributed by atoms with Crippen molar-refractivity contribution in [1.82, 2.24) is 0 Å². The zero-order valence-electron chi connectivity index (χ0n) is 22.0. The molecule has 0 aliphatic heterocycles. The molecule has 0 spiro atoms. The number of hydrogen-bond donors (Lipinski definition) is 0. The standard InChI is InChI=1S/C29H36O8/c1-7-32-26(36-28(30)20(3)4)18-34-24-13-9-22(10-14-24)17-23-11-15-25(16-12-23)35-19-27(33-8-2)37-29(31)21(5)6/h9-16,26-27H,3,5,7-8,17-19H2,1-2,4,6H3. The van der Waals surface area contributed by atoms with Crippen LogP contribution >= 0.6 is 0 Å². The van der Waals surface area contributed by atoms with E-state index < -0.39 is 24.5 Å². The summed E-state index contributed by atoms with van der Waals surface area (Å²) in [5.41, 5.74) is 2.79. The van der Waals surface area contributed by atoms with Crippen molar-refractivity contribution < 1.29 is 38.0 Å². The van der Waals surface area contributed by atoms with Gasteiger partial charge in [-0.3, -0.25) is 0 Å². The predicted molar refractivity (Wildman–Crippen MR) is 139 cm³/mol. The number of ether oxygens (including phenoxy) is 6. The third-order valence-corrected chi connectivity index (χ3v) is 4.91. The van der Waals surface area contributed by atoms with Gasteiger partial charge in [-0.25, -0.2) is 9.59 Å². The van der Waals surface area contributed by atoms with Gasteiger partial charge in [-0.05, 0) is 69.5 Å². The number of rotatable bonds is 16. The molecule has 2 aromatic carbocycles. The summed E-state index contributed by atoms with van der Waals surface area (Å²) in [7, 11) is 0. The summed E-state index contributed by atoms with van der Waals surface area (Å²) < 4.78 is 32.7. The normalized spacial score (nSPS) is 12.2. The zero-order chi connectivity index (χ0) is 27.2. The van der Waals surface area contributed by atoms with E-state index in [9.17, 15) is 9.59 Å². The average molecular weight is 513 g/mol. The molecule has 0 saturated carbocycles. The highest BCUT2D eigenvalue weighted by atomic mass is 16.7. The molecule has 0 bridgehead atoms. The Bertz CT molecular complexity index is 943. The van der Waals surface area contributed by atoms with Crippen molar-refractivity contribution in [2.24, 2.45) is 0 Å². The van der Waals surface area contributed by atoms with Crippen LogP contribution in [0.4, 0.5) is 0 Å². The topological polar surface area (TPSA) is 89.5 Å². The van der Waals surface area contributed by atoms with Crippen LogP contribution in [0.1, 0.15) is 38.8 Å². The van der Waals surface area contributed by atoms with Crippen molar-refractivity contribution in [3.05, 3.63) is 84.0 Å². The number of carbonyl (C=O) groups is 2. The molecule has 2 rings (SSSR count). The van der Waals surface area contributed by atoms with Crippen molar-refractivity contribution >= 4 is 11.9 Å². The molecule has 0 N–H and O–H groups in total. The molecule has 37 heavy (non-hydrogen) atoms. The Morgan fingerprint density at radius 1 is 0.676 bits per heavy atom. The van der Waals surface area contributed by atoms with Crippen molar-refractivity contribution in [3.63, 3.8) is 0 Å². The van der Waals surface area contributed by atoms with Crippen LogP contribution in [0.5, 0.6) is 11.5 Å². The van der Waals surface area contributed by atoms with Gasteiger partial charge in [0.15, 0.2) is 13.2 Å². The van der Waals surface area contributed by atoms with Gasteiger partial charge in [0.2, 0.25) is 12.6 Å². The summed E-state index contributed by atoms with van der Waals surface area (Å²) >= 11 is 0. The Balaban J connectivity index is 1.86. The first kappa shape index (κ1) is 29.6. The highest BCUT2D eigenvalue weighted by Crippen LogP contribution is 2.19. The maximum Gasteiger partial charge on any atom is 0.335 e. The van der Waals surface area contributed by atoms with Crippen LogP contribution in [0.3, 0.4) is 0 Å². The molecule has 0 saturated heterocycles. The molecular formula is C29H36O8. The van der Waals surface area contributed by atoms with E-state index >= 15 is 0 Å². The average Bonchev–Trinajstić information content (AvgIpc) is 2.87. The maximum atomic E-state index is 11.7. The first-order valence-corrected chi connectivity index (χ1v) is 12.1. The van der Waals surface area contributed by atoms with Gasteiger partial charge >= 0.3 is 11.9 Å². The SMILES string of the molecule is C=C(C)C(=O)OC(COc1ccc(Cc2ccc(OCC(OCC)OC(=O)C(=C)C)cc2)cc1)OCC. The van der Waals surface area contributed by atoms with Crippen molar-refractivity contribution in [1.29, 1.82) is 0 Å². The monoisotopic (exact) mass is 512 g/mol. The Hall–Kier alpha value is -3.62. The van der Waals surface area contributed by atoms with Crippen molar-refractivity contribution in [2.45, 2.75) is 46.7 Å². The van der Waals surface area contributed by atoms with Crippen LogP contribution < -0.4 is 9.47 Å². The van der Waals surface area contributed by atoms with E-state index in [0.717, 1.165) is 17.5 Å². The molecule has 8 nitrogen and oxygen atoms in total. The molecule has 0 aromatic heterocycles. The fraction of sp³-hybridized carbons (Fsp3) is 0.379. The highest BCUT2D eigenvalue weighted by molar-refractivity contribution is 5.87. The molecular weight excluding hydrogens is 476 g/mol. The van der Waals surface area contributed by atoms with Crippen LogP contribution in [0.2, 0.25) is 0 Å². The second-order valence-corrected chi connectivity index (χ2v) is 8.23. The van der Waals surface area contributed by atoms with Gasteiger partial charge in [0.25, 0.3) is 0 Å². The molecule has 0 aliphatic rings. The molecule has 8 heteroatoms. The highest BCUT2D eigenvalue weighted by Gasteiger charge is 2.17. The van der Waals surface area contributed by atoms with Crippen LogP contribution in [0.25, 0.3) is 0 Å². The van der Waals surface area contributed by atoms with E-state index in [1.807, 2.05) is 62.4 Å². The minimum atomic E-state index is -0.809. The lowest BCUT2D eigenvalue weighted by molar-refractivity contribution is -0.180. The summed E-state index contributed by atoms with van der Waals surface area (Å²) in [6, 6.07) is 15.3. The summed E-state index contributed by atoms with van der Waals surface area (Å²) in [5.74, 6) is 0.239. The van der Waals surface area contributed by atoms with Crippen LogP contribution in [-0.2, 0) is 35.0 Å². The van der Waals surface area contributed by atoms with E-state index in [1.54, 1.807) is 13.8 Å². The molecule has 200 valence electrons. The first-order chi connectivity index (χ1) is 17.7. The molecule has 0 fully saturated rings. The van der Waals surface area contributed by atoms with Gasteiger partial charge in [-0.2, -0.15) is 0 Å². The number of esters is 2. The fourth-order valence-corrected chi connectivity index (χ4v) is 3.02. The Kier molecular flexibility index (Phi) is 12.4. The fourth-order valence-electron chi connectivity index (χ4n) is 3.02. The van der Waals surface area contributed by atoms with E-state index in [2.05, 4.69) is 13.2 Å². The van der Waals surface area contributed by atoms with E-state index in [-0.39, 0.29) is 13.2 Å². The molecule has 0 heterocycles.